The Hall–Kier alpha value is -1.12. The number of rotatable bonds is 3. The Labute approximate surface area is 70.0 Å². The molecule has 1 rings (SSSR count). The highest BCUT2D eigenvalue weighted by atomic mass is 19.1. The minimum absolute atomic E-state index is 0.289. The summed E-state index contributed by atoms with van der Waals surface area (Å²) < 4.78 is 29.7. The van der Waals surface area contributed by atoms with Gasteiger partial charge in [0.25, 0.3) is 0 Å². The lowest BCUT2D eigenvalue weighted by Gasteiger charge is -2.08. The van der Waals surface area contributed by atoms with Crippen molar-refractivity contribution in [3.63, 3.8) is 0 Å². The van der Waals surface area contributed by atoms with Gasteiger partial charge in [0.2, 0.25) is 6.36 Å². The Morgan fingerprint density at radius 2 is 1.92 bits per heavy atom. The van der Waals surface area contributed by atoms with Crippen LogP contribution < -0.4 is 4.74 Å². The fraction of sp³-hybridized carbons (Fsp3) is 0.333. The molecule has 0 saturated carbocycles. The molecule has 0 N–H and O–H groups in total. The van der Waals surface area contributed by atoms with Crippen molar-refractivity contribution in [3.05, 3.63) is 30.1 Å². The summed E-state index contributed by atoms with van der Waals surface area (Å²) in [6.07, 6.45) is -1.02. The van der Waals surface area contributed by atoms with Gasteiger partial charge in [-0.3, -0.25) is 0 Å². The molecule has 0 bridgehead atoms. The summed E-state index contributed by atoms with van der Waals surface area (Å²) in [5.41, 5.74) is 0. The molecule has 3 heteroatoms. The molecule has 0 aliphatic carbocycles. The molecule has 0 aliphatic rings. The van der Waals surface area contributed by atoms with Gasteiger partial charge >= 0.3 is 0 Å². The first-order valence-electron chi connectivity index (χ1n) is 3.78. The zero-order valence-electron chi connectivity index (χ0n) is 6.76. The number of benzene rings is 1. The smallest absolute Gasteiger partial charge is 0.238 e. The van der Waals surface area contributed by atoms with E-state index < -0.39 is 6.36 Å². The molecule has 0 aromatic heterocycles. The third-order valence-corrected chi connectivity index (χ3v) is 1.40. The molecule has 1 atom stereocenters. The van der Waals surface area contributed by atoms with E-state index in [1.807, 2.05) is 0 Å². The second-order valence-electron chi connectivity index (χ2n) is 2.39. The topological polar surface area (TPSA) is 9.23 Å². The number of hydrogen-bond donors (Lipinski definition) is 0. The van der Waals surface area contributed by atoms with E-state index in [4.69, 9.17) is 4.74 Å². The second kappa shape index (κ2) is 4.04. The molecule has 0 fully saturated rings. The minimum atomic E-state index is -1.31. The quantitative estimate of drug-likeness (QED) is 0.681. The van der Waals surface area contributed by atoms with Crippen LogP contribution in [0.1, 0.15) is 13.3 Å². The monoisotopic (exact) mass is 172 g/mol. The second-order valence-corrected chi connectivity index (χ2v) is 2.39. The molecule has 12 heavy (non-hydrogen) atoms. The molecule has 0 heterocycles. The van der Waals surface area contributed by atoms with Crippen LogP contribution in [-0.4, -0.2) is 6.36 Å². The van der Waals surface area contributed by atoms with E-state index in [1.165, 1.54) is 24.3 Å². The Bertz CT molecular complexity index is 233. The molecule has 0 spiro atoms. The number of hydrogen-bond acceptors (Lipinski definition) is 1. The van der Waals surface area contributed by atoms with Gasteiger partial charge in [-0.1, -0.05) is 6.92 Å². The number of ether oxygens (including phenoxy) is 1. The predicted molar refractivity (Wildman–Crippen MR) is 42.2 cm³/mol. The summed E-state index contributed by atoms with van der Waals surface area (Å²) in [6.45, 7) is 1.67. The van der Waals surface area contributed by atoms with Crippen LogP contribution in [0.5, 0.6) is 5.75 Å². The Morgan fingerprint density at radius 1 is 1.33 bits per heavy atom. The predicted octanol–water partition coefficient (Wildman–Crippen LogP) is 2.91. The molecule has 1 nitrogen and oxygen atoms in total. The zero-order chi connectivity index (χ0) is 8.97. The fourth-order valence-corrected chi connectivity index (χ4v) is 0.744. The Morgan fingerprint density at radius 3 is 2.42 bits per heavy atom. The SMILES string of the molecule is CCC(F)Oc1ccc(F)cc1. The van der Waals surface area contributed by atoms with Crippen molar-refractivity contribution in [1.29, 1.82) is 0 Å². The van der Waals surface area contributed by atoms with Crippen molar-refractivity contribution in [2.45, 2.75) is 19.7 Å². The summed E-state index contributed by atoms with van der Waals surface area (Å²) in [6, 6.07) is 5.27. The zero-order valence-corrected chi connectivity index (χ0v) is 6.76. The molecule has 1 unspecified atom stereocenters. The lowest BCUT2D eigenvalue weighted by molar-refractivity contribution is 0.0641. The van der Waals surface area contributed by atoms with Gasteiger partial charge in [-0.2, -0.15) is 0 Å². The highest BCUT2D eigenvalue weighted by molar-refractivity contribution is 5.22. The van der Waals surface area contributed by atoms with Crippen molar-refractivity contribution >= 4 is 0 Å². The average molecular weight is 172 g/mol. The molecule has 0 saturated heterocycles. The molecule has 66 valence electrons. The molecule has 1 aromatic rings. The van der Waals surface area contributed by atoms with E-state index in [0.717, 1.165) is 0 Å². The van der Waals surface area contributed by atoms with Crippen LogP contribution in [0.4, 0.5) is 8.78 Å². The average Bonchev–Trinajstić information content (AvgIpc) is 2.09. The van der Waals surface area contributed by atoms with E-state index >= 15 is 0 Å². The van der Waals surface area contributed by atoms with Gasteiger partial charge in [0.15, 0.2) is 0 Å². The Kier molecular flexibility index (Phi) is 3.02. The van der Waals surface area contributed by atoms with Gasteiger partial charge in [-0.25, -0.2) is 8.78 Å². The van der Waals surface area contributed by atoms with Crippen molar-refractivity contribution in [1.82, 2.24) is 0 Å². The van der Waals surface area contributed by atoms with Crippen LogP contribution in [0.15, 0.2) is 24.3 Å². The first kappa shape index (κ1) is 8.97. The van der Waals surface area contributed by atoms with Crippen molar-refractivity contribution in [3.8, 4) is 5.75 Å². The van der Waals surface area contributed by atoms with Crippen LogP contribution in [-0.2, 0) is 0 Å². The first-order chi connectivity index (χ1) is 5.72. The van der Waals surface area contributed by atoms with E-state index in [0.29, 0.717) is 5.75 Å². The van der Waals surface area contributed by atoms with Crippen LogP contribution in [0.3, 0.4) is 0 Å². The van der Waals surface area contributed by atoms with Crippen LogP contribution in [0.25, 0.3) is 0 Å². The van der Waals surface area contributed by atoms with Crippen LogP contribution in [0.2, 0.25) is 0 Å². The minimum Gasteiger partial charge on any atom is -0.460 e. The first-order valence-corrected chi connectivity index (χ1v) is 3.78. The summed E-state index contributed by atoms with van der Waals surface area (Å²) in [5, 5.41) is 0. The van der Waals surface area contributed by atoms with Gasteiger partial charge < -0.3 is 4.74 Å². The molecular formula is C9H10F2O. The third-order valence-electron chi connectivity index (χ3n) is 1.40. The van der Waals surface area contributed by atoms with Crippen LogP contribution in [0, 0.1) is 5.82 Å². The lowest BCUT2D eigenvalue weighted by atomic mass is 10.3. The summed E-state index contributed by atoms with van der Waals surface area (Å²) in [5.74, 6) is 0.00000614. The maximum Gasteiger partial charge on any atom is 0.238 e. The molecular weight excluding hydrogens is 162 g/mol. The van der Waals surface area contributed by atoms with Crippen LogP contribution >= 0.6 is 0 Å². The van der Waals surface area contributed by atoms with Crippen molar-refractivity contribution in [2.75, 3.05) is 0 Å². The van der Waals surface area contributed by atoms with E-state index in [1.54, 1.807) is 6.92 Å². The normalized spacial score (nSPS) is 12.6. The maximum absolute atomic E-state index is 12.6. The highest BCUT2D eigenvalue weighted by Gasteiger charge is 2.03. The molecule has 1 aromatic carbocycles. The Balaban J connectivity index is 2.58. The highest BCUT2D eigenvalue weighted by Crippen LogP contribution is 2.14. The van der Waals surface area contributed by atoms with Gasteiger partial charge in [-0.05, 0) is 24.3 Å². The van der Waals surface area contributed by atoms with Gasteiger partial charge in [-0.15, -0.1) is 0 Å². The number of alkyl halides is 1. The standard InChI is InChI=1S/C9H10F2O/c1-2-9(11)12-8-5-3-7(10)4-6-8/h3-6,9H,2H2,1H3. The van der Waals surface area contributed by atoms with E-state index in [9.17, 15) is 8.78 Å². The number of halogens is 2. The summed E-state index contributed by atoms with van der Waals surface area (Å²) >= 11 is 0. The summed E-state index contributed by atoms with van der Waals surface area (Å²) in [7, 11) is 0. The fourth-order valence-electron chi connectivity index (χ4n) is 0.744. The van der Waals surface area contributed by atoms with Crippen molar-refractivity contribution < 1.29 is 13.5 Å². The molecule has 0 radical (unpaired) electrons. The van der Waals surface area contributed by atoms with E-state index in [-0.39, 0.29) is 12.2 Å². The largest absolute Gasteiger partial charge is 0.460 e. The molecule has 0 amide bonds. The van der Waals surface area contributed by atoms with E-state index in [2.05, 4.69) is 0 Å². The maximum atomic E-state index is 12.6. The van der Waals surface area contributed by atoms with Gasteiger partial charge in [0, 0.05) is 6.42 Å². The molecule has 0 aliphatic heterocycles. The third kappa shape index (κ3) is 2.49. The lowest BCUT2D eigenvalue weighted by Crippen LogP contribution is -2.07. The summed E-state index contributed by atoms with van der Waals surface area (Å²) in [4.78, 5) is 0. The van der Waals surface area contributed by atoms with Crippen molar-refractivity contribution in [2.24, 2.45) is 0 Å². The van der Waals surface area contributed by atoms with Gasteiger partial charge in [0.05, 0.1) is 0 Å². The van der Waals surface area contributed by atoms with Gasteiger partial charge in [0.1, 0.15) is 11.6 Å².